The number of benzene rings is 1. The molecule has 1 fully saturated rings. The molecule has 0 bridgehead atoms. The van der Waals surface area contributed by atoms with Crippen LogP contribution in [0.1, 0.15) is 12.8 Å². The first-order valence-electron chi connectivity index (χ1n) is 5.74. The summed E-state index contributed by atoms with van der Waals surface area (Å²) in [6.45, 7) is 1.14. The lowest BCUT2D eigenvalue weighted by Gasteiger charge is -2.15. The van der Waals surface area contributed by atoms with Crippen molar-refractivity contribution in [2.75, 3.05) is 19.7 Å². The standard InChI is InChI=1S/C12H14N2O3S/c13-7-10-17-11-3-5-12(6-4-11)18(15,16)14-8-1-2-9-14/h3-6H,1-2,8-10H2. The van der Waals surface area contributed by atoms with Crippen LogP contribution in [0.15, 0.2) is 29.2 Å². The fraction of sp³-hybridized carbons (Fsp3) is 0.417. The lowest BCUT2D eigenvalue weighted by molar-refractivity contribution is 0.368. The van der Waals surface area contributed by atoms with E-state index < -0.39 is 10.0 Å². The number of nitriles is 1. The minimum absolute atomic E-state index is 0.0434. The van der Waals surface area contributed by atoms with E-state index in [1.165, 1.54) is 16.4 Å². The molecule has 0 spiro atoms. The monoisotopic (exact) mass is 266 g/mol. The van der Waals surface area contributed by atoms with Gasteiger partial charge in [0, 0.05) is 13.1 Å². The third kappa shape index (κ3) is 2.63. The predicted octanol–water partition coefficient (Wildman–Crippen LogP) is 1.37. The third-order valence-electron chi connectivity index (χ3n) is 2.83. The van der Waals surface area contributed by atoms with Crippen LogP contribution in [0, 0.1) is 11.3 Å². The maximum atomic E-state index is 12.2. The highest BCUT2D eigenvalue weighted by atomic mass is 32.2. The van der Waals surface area contributed by atoms with Gasteiger partial charge in [0.05, 0.1) is 4.90 Å². The molecule has 0 N–H and O–H groups in total. The Morgan fingerprint density at radius 3 is 2.39 bits per heavy atom. The fourth-order valence-corrected chi connectivity index (χ4v) is 3.42. The summed E-state index contributed by atoms with van der Waals surface area (Å²) in [7, 11) is -3.36. The van der Waals surface area contributed by atoms with Crippen LogP contribution in [0.4, 0.5) is 0 Å². The zero-order valence-electron chi connectivity index (χ0n) is 9.87. The lowest BCUT2D eigenvalue weighted by atomic mass is 10.3. The number of hydrogen-bond donors (Lipinski definition) is 0. The Morgan fingerprint density at radius 2 is 1.83 bits per heavy atom. The Balaban J connectivity index is 2.16. The number of ether oxygens (including phenoxy) is 1. The van der Waals surface area contributed by atoms with Crippen molar-refractivity contribution in [3.63, 3.8) is 0 Å². The van der Waals surface area contributed by atoms with E-state index in [4.69, 9.17) is 10.00 Å². The third-order valence-corrected chi connectivity index (χ3v) is 4.74. The van der Waals surface area contributed by atoms with Gasteiger partial charge in [0.1, 0.15) is 11.8 Å². The molecule has 0 aliphatic carbocycles. The Labute approximate surface area is 107 Å². The highest BCUT2D eigenvalue weighted by Gasteiger charge is 2.26. The molecule has 2 rings (SSSR count). The second-order valence-electron chi connectivity index (χ2n) is 4.03. The van der Waals surface area contributed by atoms with Gasteiger partial charge in [0.2, 0.25) is 10.0 Å². The highest BCUT2D eigenvalue weighted by molar-refractivity contribution is 7.89. The van der Waals surface area contributed by atoms with Crippen molar-refractivity contribution in [1.29, 1.82) is 5.26 Å². The van der Waals surface area contributed by atoms with Gasteiger partial charge in [-0.1, -0.05) is 0 Å². The molecule has 0 atom stereocenters. The van der Waals surface area contributed by atoms with Crippen molar-refractivity contribution >= 4 is 10.0 Å². The molecule has 1 saturated heterocycles. The lowest BCUT2D eigenvalue weighted by Crippen LogP contribution is -2.27. The van der Waals surface area contributed by atoms with Gasteiger partial charge in [-0.05, 0) is 37.1 Å². The SMILES string of the molecule is N#CCOc1ccc(S(=O)(=O)N2CCCC2)cc1. The van der Waals surface area contributed by atoms with Crippen LogP contribution >= 0.6 is 0 Å². The normalized spacial score (nSPS) is 16.4. The molecule has 0 aromatic heterocycles. The summed E-state index contributed by atoms with van der Waals surface area (Å²) in [5, 5.41) is 8.38. The van der Waals surface area contributed by atoms with E-state index in [1.54, 1.807) is 12.1 Å². The molecule has 18 heavy (non-hydrogen) atoms. The van der Waals surface area contributed by atoms with Gasteiger partial charge in [-0.2, -0.15) is 9.57 Å². The molecule has 1 heterocycles. The predicted molar refractivity (Wildman–Crippen MR) is 65.5 cm³/mol. The van der Waals surface area contributed by atoms with Gasteiger partial charge < -0.3 is 4.74 Å². The zero-order valence-corrected chi connectivity index (χ0v) is 10.7. The van der Waals surface area contributed by atoms with E-state index >= 15 is 0 Å². The minimum Gasteiger partial charge on any atom is -0.479 e. The van der Waals surface area contributed by atoms with Crippen LogP contribution in [0.5, 0.6) is 5.75 Å². The van der Waals surface area contributed by atoms with Crippen LogP contribution in [0.25, 0.3) is 0 Å². The first kappa shape index (κ1) is 12.9. The van der Waals surface area contributed by atoms with Crippen LogP contribution in [-0.4, -0.2) is 32.4 Å². The van der Waals surface area contributed by atoms with Gasteiger partial charge in [0.15, 0.2) is 6.61 Å². The Bertz CT molecular complexity index is 540. The van der Waals surface area contributed by atoms with Crippen LogP contribution in [0.2, 0.25) is 0 Å². The number of sulfonamides is 1. The topological polar surface area (TPSA) is 70.4 Å². The Morgan fingerprint density at radius 1 is 1.22 bits per heavy atom. The van der Waals surface area contributed by atoms with E-state index in [1.807, 2.05) is 6.07 Å². The average molecular weight is 266 g/mol. The molecule has 0 radical (unpaired) electrons. The molecule has 5 nitrogen and oxygen atoms in total. The minimum atomic E-state index is -3.36. The molecule has 1 aliphatic rings. The smallest absolute Gasteiger partial charge is 0.243 e. The maximum absolute atomic E-state index is 12.2. The summed E-state index contributed by atoms with van der Waals surface area (Å²) in [5.41, 5.74) is 0. The van der Waals surface area contributed by atoms with E-state index in [0.717, 1.165) is 12.8 Å². The molecule has 96 valence electrons. The summed E-state index contributed by atoms with van der Waals surface area (Å²) in [6, 6.07) is 8.03. The molecular formula is C12H14N2O3S. The summed E-state index contributed by atoms with van der Waals surface area (Å²) < 4.78 is 31.0. The van der Waals surface area contributed by atoms with Crippen molar-refractivity contribution in [3.8, 4) is 11.8 Å². The average Bonchev–Trinajstić information content (AvgIpc) is 2.91. The van der Waals surface area contributed by atoms with Gasteiger partial charge in [-0.15, -0.1) is 0 Å². The molecule has 6 heteroatoms. The molecule has 1 aliphatic heterocycles. The molecule has 0 amide bonds. The second kappa shape index (κ2) is 5.38. The molecule has 1 aromatic rings. The van der Waals surface area contributed by atoms with E-state index in [-0.39, 0.29) is 11.5 Å². The zero-order chi connectivity index (χ0) is 13.0. The molecule has 0 saturated carbocycles. The molecular weight excluding hydrogens is 252 g/mol. The largest absolute Gasteiger partial charge is 0.479 e. The van der Waals surface area contributed by atoms with Crippen molar-refractivity contribution in [3.05, 3.63) is 24.3 Å². The summed E-state index contributed by atoms with van der Waals surface area (Å²) in [6.07, 6.45) is 1.84. The quantitative estimate of drug-likeness (QED) is 0.825. The maximum Gasteiger partial charge on any atom is 0.243 e. The van der Waals surface area contributed by atoms with Gasteiger partial charge >= 0.3 is 0 Å². The van der Waals surface area contributed by atoms with E-state index in [2.05, 4.69) is 0 Å². The van der Waals surface area contributed by atoms with Crippen molar-refractivity contribution in [2.24, 2.45) is 0 Å². The Kier molecular flexibility index (Phi) is 3.84. The molecule has 0 unspecified atom stereocenters. The Hall–Kier alpha value is -1.58. The van der Waals surface area contributed by atoms with Crippen molar-refractivity contribution < 1.29 is 13.2 Å². The van der Waals surface area contributed by atoms with Crippen LogP contribution in [0.3, 0.4) is 0 Å². The van der Waals surface area contributed by atoms with Crippen LogP contribution < -0.4 is 4.74 Å². The second-order valence-corrected chi connectivity index (χ2v) is 5.97. The first-order valence-corrected chi connectivity index (χ1v) is 7.18. The first-order chi connectivity index (χ1) is 8.64. The van der Waals surface area contributed by atoms with E-state index in [0.29, 0.717) is 18.8 Å². The van der Waals surface area contributed by atoms with Gasteiger partial charge in [0.25, 0.3) is 0 Å². The van der Waals surface area contributed by atoms with Gasteiger partial charge in [-0.3, -0.25) is 0 Å². The summed E-state index contributed by atoms with van der Waals surface area (Å²) in [4.78, 5) is 0.272. The van der Waals surface area contributed by atoms with Crippen molar-refractivity contribution in [2.45, 2.75) is 17.7 Å². The number of rotatable bonds is 4. The van der Waals surface area contributed by atoms with Gasteiger partial charge in [-0.25, -0.2) is 8.42 Å². The van der Waals surface area contributed by atoms with Crippen LogP contribution in [-0.2, 0) is 10.0 Å². The van der Waals surface area contributed by atoms with Crippen molar-refractivity contribution in [1.82, 2.24) is 4.31 Å². The highest BCUT2D eigenvalue weighted by Crippen LogP contribution is 2.22. The summed E-state index contributed by atoms with van der Waals surface area (Å²) >= 11 is 0. The fourth-order valence-electron chi connectivity index (χ4n) is 1.90. The number of hydrogen-bond acceptors (Lipinski definition) is 4. The van der Waals surface area contributed by atoms with E-state index in [9.17, 15) is 8.42 Å². The summed E-state index contributed by atoms with van der Waals surface area (Å²) in [5.74, 6) is 0.497. The molecule has 1 aromatic carbocycles. The number of nitrogens with zero attached hydrogens (tertiary/aromatic N) is 2.